The van der Waals surface area contributed by atoms with E-state index in [1.807, 2.05) is 12.1 Å². The fourth-order valence-corrected chi connectivity index (χ4v) is 4.07. The van der Waals surface area contributed by atoms with Gasteiger partial charge in [0.1, 0.15) is 17.4 Å². The zero-order chi connectivity index (χ0) is 27.2. The minimum Gasteiger partial charge on any atom is -0.481 e. The number of aryl methyl sites for hydroxylation is 2. The number of carboxylic acid groups (broad SMARTS) is 1. The number of fused-ring (bicyclic) bond motifs is 1. The van der Waals surface area contributed by atoms with Gasteiger partial charge in [0.2, 0.25) is 0 Å². The van der Waals surface area contributed by atoms with E-state index < -0.39 is 12.1 Å². The van der Waals surface area contributed by atoms with Crippen LogP contribution in [0.1, 0.15) is 34.3 Å². The molecule has 0 spiro atoms. The quantitative estimate of drug-likeness (QED) is 0.149. The van der Waals surface area contributed by atoms with E-state index in [0.717, 1.165) is 10.9 Å². The number of nitrogens with zero attached hydrogens (tertiary/aromatic N) is 3. The van der Waals surface area contributed by atoms with E-state index >= 15 is 0 Å². The van der Waals surface area contributed by atoms with Crippen molar-refractivity contribution in [2.75, 3.05) is 11.4 Å². The second-order valence-electron chi connectivity index (χ2n) is 8.72. The average Bonchev–Trinajstić information content (AvgIpc) is 3.24. The largest absolute Gasteiger partial charge is 0.481 e. The molecule has 2 aromatic carbocycles. The highest BCUT2D eigenvalue weighted by Gasteiger charge is 2.21. The molecule has 0 fully saturated rings. The summed E-state index contributed by atoms with van der Waals surface area (Å²) in [6, 6.07) is 17.2. The summed E-state index contributed by atoms with van der Waals surface area (Å²) in [6.07, 6.45) is 3.08. The summed E-state index contributed by atoms with van der Waals surface area (Å²) >= 11 is 0. The Hall–Kier alpha value is -4.70. The molecule has 10 nitrogen and oxygen atoms in total. The van der Waals surface area contributed by atoms with Gasteiger partial charge in [0.05, 0.1) is 11.9 Å². The molecular weight excluding hydrogens is 522 g/mol. The van der Waals surface area contributed by atoms with E-state index in [1.54, 1.807) is 66.3 Å². The number of halogens is 1. The predicted octanol–water partition coefficient (Wildman–Crippen LogP) is 4.57. The standard InChI is InChI=1S/C28H27N5O5.ClH/c1-32-17-22(24(34)12-7-18-5-8-19(9-6-18)27(29)30)21-11-10-20(16-23(21)32)38-28(37)33(15-13-26(35)36)25-4-2-3-14-31-25;/h2-6,8-11,14,16-17H,7,12-13,15H2,1H3,(H3,29,30)(H,35,36);1H. The fourth-order valence-electron chi connectivity index (χ4n) is 4.07. The number of ketones is 1. The van der Waals surface area contributed by atoms with Gasteiger partial charge < -0.3 is 20.1 Å². The molecule has 1 amide bonds. The van der Waals surface area contributed by atoms with Crippen LogP contribution in [-0.4, -0.2) is 44.9 Å². The molecule has 0 aliphatic rings. The second-order valence-corrected chi connectivity index (χ2v) is 8.72. The Morgan fingerprint density at radius 1 is 1.08 bits per heavy atom. The molecule has 0 atom stereocenters. The highest BCUT2D eigenvalue weighted by molar-refractivity contribution is 6.08. The van der Waals surface area contributed by atoms with Gasteiger partial charge in [-0.3, -0.25) is 19.9 Å². The summed E-state index contributed by atoms with van der Waals surface area (Å²) < 4.78 is 7.35. The lowest BCUT2D eigenvalue weighted by molar-refractivity contribution is -0.136. The number of pyridine rings is 1. The van der Waals surface area contributed by atoms with E-state index in [9.17, 15) is 14.4 Å². The van der Waals surface area contributed by atoms with Crippen LogP contribution in [0.15, 0.2) is 73.1 Å². The number of hydrogen-bond acceptors (Lipinski definition) is 6. The molecule has 4 aromatic rings. The van der Waals surface area contributed by atoms with Gasteiger partial charge in [-0.15, -0.1) is 12.4 Å². The number of Topliss-reactive ketones (excluding diaryl/α,β-unsaturated/α-hetero) is 1. The smallest absolute Gasteiger partial charge is 0.420 e. The van der Waals surface area contributed by atoms with Crippen molar-refractivity contribution in [3.05, 3.63) is 89.7 Å². The molecule has 2 aromatic heterocycles. The summed E-state index contributed by atoms with van der Waals surface area (Å²) in [6.45, 7) is -0.103. The highest BCUT2D eigenvalue weighted by atomic mass is 35.5. The van der Waals surface area contributed by atoms with E-state index in [4.69, 9.17) is 21.0 Å². The van der Waals surface area contributed by atoms with Gasteiger partial charge in [0.25, 0.3) is 0 Å². The number of carbonyl (C=O) groups excluding carboxylic acids is 2. The lowest BCUT2D eigenvalue weighted by atomic mass is 10.0. The molecule has 11 heteroatoms. The maximum Gasteiger partial charge on any atom is 0.420 e. The van der Waals surface area contributed by atoms with E-state index in [2.05, 4.69) is 4.98 Å². The summed E-state index contributed by atoms with van der Waals surface area (Å²) in [7, 11) is 1.80. The third kappa shape index (κ3) is 6.99. The molecule has 0 aliphatic carbocycles. The van der Waals surface area contributed by atoms with Gasteiger partial charge in [-0.05, 0) is 36.2 Å². The number of carbonyl (C=O) groups is 3. The molecule has 4 N–H and O–H groups in total. The predicted molar refractivity (Wildman–Crippen MR) is 150 cm³/mol. The molecule has 4 rings (SSSR count). The third-order valence-electron chi connectivity index (χ3n) is 6.07. The second kappa shape index (κ2) is 12.7. The zero-order valence-corrected chi connectivity index (χ0v) is 22.0. The number of nitrogens with two attached hydrogens (primary N) is 1. The van der Waals surface area contributed by atoms with E-state index in [-0.39, 0.29) is 48.6 Å². The van der Waals surface area contributed by atoms with Crippen LogP contribution in [0.5, 0.6) is 5.75 Å². The fraction of sp³-hybridized carbons (Fsp3) is 0.179. The van der Waals surface area contributed by atoms with Gasteiger partial charge in [-0.2, -0.15) is 0 Å². The van der Waals surface area contributed by atoms with Crippen LogP contribution in [0.25, 0.3) is 10.9 Å². The molecule has 39 heavy (non-hydrogen) atoms. The summed E-state index contributed by atoms with van der Waals surface area (Å²) in [4.78, 5) is 42.4. The molecule has 202 valence electrons. The Kier molecular flexibility index (Phi) is 9.40. The molecule has 0 saturated heterocycles. The van der Waals surface area contributed by atoms with Crippen LogP contribution in [0, 0.1) is 5.41 Å². The number of ether oxygens (including phenoxy) is 1. The van der Waals surface area contributed by atoms with E-state index in [1.165, 1.54) is 11.1 Å². The first-order chi connectivity index (χ1) is 18.2. The lowest BCUT2D eigenvalue weighted by Crippen LogP contribution is -2.36. The van der Waals surface area contributed by atoms with Crippen LogP contribution in [0.2, 0.25) is 0 Å². The molecule has 0 radical (unpaired) electrons. The monoisotopic (exact) mass is 549 g/mol. The number of nitrogen functional groups attached to an aromatic ring is 1. The van der Waals surface area contributed by atoms with Crippen molar-refractivity contribution < 1.29 is 24.2 Å². The van der Waals surface area contributed by atoms with Crippen molar-refractivity contribution in [1.29, 1.82) is 5.41 Å². The lowest BCUT2D eigenvalue weighted by Gasteiger charge is -2.20. The summed E-state index contributed by atoms with van der Waals surface area (Å²) in [5.41, 5.74) is 8.37. The van der Waals surface area contributed by atoms with Crippen LogP contribution >= 0.6 is 12.4 Å². The first kappa shape index (κ1) is 28.9. The summed E-state index contributed by atoms with van der Waals surface area (Å²) in [5, 5.41) is 17.3. The number of amidine groups is 1. The maximum atomic E-state index is 13.0. The van der Waals surface area contributed by atoms with E-state index in [0.29, 0.717) is 29.5 Å². The van der Waals surface area contributed by atoms with Crippen molar-refractivity contribution in [2.45, 2.75) is 19.3 Å². The number of rotatable bonds is 10. The average molecular weight is 550 g/mol. The number of nitrogens with one attached hydrogen (secondary N) is 1. The van der Waals surface area contributed by atoms with Gasteiger partial charge in [0.15, 0.2) is 5.78 Å². The summed E-state index contributed by atoms with van der Waals surface area (Å²) in [5.74, 6) is -0.537. The van der Waals surface area contributed by atoms with Crippen molar-refractivity contribution >= 4 is 52.8 Å². The number of benzene rings is 2. The van der Waals surface area contributed by atoms with Gasteiger partial charge in [-0.1, -0.05) is 30.3 Å². The zero-order valence-electron chi connectivity index (χ0n) is 21.2. The van der Waals surface area contributed by atoms with Gasteiger partial charge in [-0.25, -0.2) is 9.78 Å². The Bertz CT molecular complexity index is 1500. The number of hydrogen-bond donors (Lipinski definition) is 3. The number of aliphatic carboxylic acids is 1. The normalized spacial score (nSPS) is 10.5. The minimum atomic E-state index is -1.05. The van der Waals surface area contributed by atoms with Crippen LogP contribution in [0.3, 0.4) is 0 Å². The minimum absolute atomic E-state index is 0. The molecule has 2 heterocycles. The molecule has 0 bridgehead atoms. The first-order valence-electron chi connectivity index (χ1n) is 11.9. The highest BCUT2D eigenvalue weighted by Crippen LogP contribution is 2.27. The Balaban J connectivity index is 0.00000420. The van der Waals surface area contributed by atoms with Crippen LogP contribution in [0.4, 0.5) is 10.6 Å². The van der Waals surface area contributed by atoms with Crippen molar-refractivity contribution in [3.8, 4) is 5.75 Å². The molecule has 0 saturated carbocycles. The van der Waals surface area contributed by atoms with Crippen molar-refractivity contribution in [3.63, 3.8) is 0 Å². The molecule has 0 aliphatic heterocycles. The Labute approximate surface area is 230 Å². The third-order valence-corrected chi connectivity index (χ3v) is 6.07. The van der Waals surface area contributed by atoms with Gasteiger partial charge >= 0.3 is 12.1 Å². The van der Waals surface area contributed by atoms with Gasteiger partial charge in [0, 0.05) is 55.0 Å². The number of aromatic nitrogens is 2. The van der Waals surface area contributed by atoms with Crippen molar-refractivity contribution in [1.82, 2.24) is 9.55 Å². The van der Waals surface area contributed by atoms with Crippen LogP contribution in [-0.2, 0) is 18.3 Å². The topological polar surface area (TPSA) is 152 Å². The Morgan fingerprint density at radius 3 is 2.46 bits per heavy atom. The van der Waals surface area contributed by atoms with Crippen molar-refractivity contribution in [2.24, 2.45) is 12.8 Å². The number of amides is 1. The first-order valence-corrected chi connectivity index (χ1v) is 11.9. The molecule has 0 unspecified atom stereocenters. The van der Waals surface area contributed by atoms with Crippen LogP contribution < -0.4 is 15.4 Å². The maximum absolute atomic E-state index is 13.0. The number of carboxylic acids is 1. The Morgan fingerprint density at radius 2 is 1.82 bits per heavy atom. The SMILES string of the molecule is Cl.Cn1cc(C(=O)CCc2ccc(C(=N)N)cc2)c2ccc(OC(=O)N(CCC(=O)O)c3ccccn3)cc21. The molecular formula is C28H28ClN5O5. The number of anilines is 1.